The molecule has 0 unspecified atom stereocenters. The van der Waals surface area contributed by atoms with Gasteiger partial charge < -0.3 is 15.7 Å². The fraction of sp³-hybridized carbons (Fsp3) is 0.438. The molecule has 0 bridgehead atoms. The first-order valence-electron chi connectivity index (χ1n) is 8.57. The molecule has 2 aromatic heterocycles. The lowest BCUT2D eigenvalue weighted by molar-refractivity contribution is -0.141. The summed E-state index contributed by atoms with van der Waals surface area (Å²) < 4.78 is 40.4. The quantitative estimate of drug-likeness (QED) is 0.517. The van der Waals surface area contributed by atoms with Crippen molar-refractivity contribution < 1.29 is 32.7 Å². The van der Waals surface area contributed by atoms with Crippen molar-refractivity contribution in [2.75, 3.05) is 13.1 Å². The highest BCUT2D eigenvalue weighted by Crippen LogP contribution is 2.28. The molecule has 13 heteroatoms. The van der Waals surface area contributed by atoms with Gasteiger partial charge in [-0.3, -0.25) is 19.0 Å². The molecular weight excluding hydrogens is 397 g/mol. The lowest BCUT2D eigenvalue weighted by Gasteiger charge is -2.08. The van der Waals surface area contributed by atoms with E-state index in [1.807, 2.05) is 0 Å². The maximum Gasteiger partial charge on any atom is 0.435 e. The molecule has 0 aliphatic carbocycles. The van der Waals surface area contributed by atoms with Gasteiger partial charge >= 0.3 is 12.1 Å². The number of carbonyl (C=O) groups is 3. The molecule has 2 rings (SSSR count). The van der Waals surface area contributed by atoms with E-state index in [0.717, 1.165) is 4.68 Å². The maximum atomic E-state index is 12.7. The topological polar surface area (TPSA) is 131 Å². The summed E-state index contributed by atoms with van der Waals surface area (Å²) >= 11 is 0. The molecule has 0 radical (unpaired) electrons. The summed E-state index contributed by atoms with van der Waals surface area (Å²) in [4.78, 5) is 34.6. The number of carbonyl (C=O) groups excluding carboxylic acids is 2. The van der Waals surface area contributed by atoms with Gasteiger partial charge in [0.25, 0.3) is 5.91 Å². The minimum atomic E-state index is -4.65. The number of hydrogen-bond donors (Lipinski definition) is 3. The predicted molar refractivity (Wildman–Crippen MR) is 92.0 cm³/mol. The van der Waals surface area contributed by atoms with Gasteiger partial charge in [-0.25, -0.2) is 4.79 Å². The standard InChI is InChI=1S/C16H19F3N6O4/c1-2-25-11(7-12(23-25)16(17,18)19)14(27)21-5-4-20-13(26)3-6-24-9-10(8-22-24)15(28)29/h7-9H,2-6H2,1H3,(H,20,26)(H,21,27)(H,28,29). The molecule has 0 aliphatic heterocycles. The number of nitrogens with zero attached hydrogens (tertiary/aromatic N) is 4. The largest absolute Gasteiger partial charge is 0.478 e. The van der Waals surface area contributed by atoms with Crippen LogP contribution in [0.15, 0.2) is 18.5 Å². The lowest BCUT2D eigenvalue weighted by atomic mass is 10.3. The number of aromatic nitrogens is 4. The van der Waals surface area contributed by atoms with Crippen LogP contribution >= 0.6 is 0 Å². The molecule has 29 heavy (non-hydrogen) atoms. The normalized spacial score (nSPS) is 11.3. The molecule has 0 saturated carbocycles. The van der Waals surface area contributed by atoms with Gasteiger partial charge in [0, 0.05) is 44.9 Å². The van der Waals surface area contributed by atoms with Crippen molar-refractivity contribution in [1.29, 1.82) is 0 Å². The molecule has 0 atom stereocenters. The summed E-state index contributed by atoms with van der Waals surface area (Å²) in [5.74, 6) is -2.21. The van der Waals surface area contributed by atoms with Crippen molar-refractivity contribution in [3.63, 3.8) is 0 Å². The Kier molecular flexibility index (Phi) is 6.96. The number of hydrogen-bond acceptors (Lipinski definition) is 5. The van der Waals surface area contributed by atoms with Gasteiger partial charge in [0.1, 0.15) is 5.69 Å². The molecule has 3 N–H and O–H groups in total. The van der Waals surface area contributed by atoms with Gasteiger partial charge in [-0.05, 0) is 6.92 Å². The first kappa shape index (κ1) is 21.9. The Morgan fingerprint density at radius 1 is 1.21 bits per heavy atom. The van der Waals surface area contributed by atoms with E-state index in [-0.39, 0.29) is 49.8 Å². The molecule has 0 aromatic carbocycles. The van der Waals surface area contributed by atoms with Gasteiger partial charge in [-0.2, -0.15) is 23.4 Å². The smallest absolute Gasteiger partial charge is 0.435 e. The van der Waals surface area contributed by atoms with Crippen LogP contribution in [0.5, 0.6) is 0 Å². The summed E-state index contributed by atoms with van der Waals surface area (Å²) in [5.41, 5.74) is -1.37. The maximum absolute atomic E-state index is 12.7. The first-order valence-corrected chi connectivity index (χ1v) is 8.57. The number of alkyl halides is 3. The van der Waals surface area contributed by atoms with Crippen LogP contribution in [0, 0.1) is 0 Å². The Bertz CT molecular complexity index is 890. The third-order valence-corrected chi connectivity index (χ3v) is 3.78. The van der Waals surface area contributed by atoms with E-state index >= 15 is 0 Å². The lowest BCUT2D eigenvalue weighted by Crippen LogP contribution is -2.35. The van der Waals surface area contributed by atoms with Crippen LogP contribution in [0.25, 0.3) is 0 Å². The van der Waals surface area contributed by atoms with Crippen LogP contribution in [0.4, 0.5) is 13.2 Å². The van der Waals surface area contributed by atoms with Crippen molar-refractivity contribution in [3.8, 4) is 0 Å². The second-order valence-corrected chi connectivity index (χ2v) is 5.88. The zero-order valence-corrected chi connectivity index (χ0v) is 15.4. The Hall–Kier alpha value is -3.38. The fourth-order valence-electron chi connectivity index (χ4n) is 2.35. The first-order chi connectivity index (χ1) is 13.6. The Morgan fingerprint density at radius 3 is 2.48 bits per heavy atom. The van der Waals surface area contributed by atoms with Gasteiger partial charge in [-0.15, -0.1) is 0 Å². The summed E-state index contributed by atoms with van der Waals surface area (Å²) in [6.45, 7) is 1.89. The second kappa shape index (κ2) is 9.21. The second-order valence-electron chi connectivity index (χ2n) is 5.88. The molecule has 10 nitrogen and oxygen atoms in total. The number of rotatable bonds is 9. The Labute approximate surface area is 162 Å². The molecule has 2 amide bonds. The molecule has 0 saturated heterocycles. The molecule has 158 valence electrons. The third-order valence-electron chi connectivity index (χ3n) is 3.78. The summed E-state index contributed by atoms with van der Waals surface area (Å²) in [6, 6.07) is 0.673. The van der Waals surface area contributed by atoms with Crippen molar-refractivity contribution >= 4 is 17.8 Å². The van der Waals surface area contributed by atoms with E-state index in [1.54, 1.807) is 6.92 Å². The average Bonchev–Trinajstić information content (AvgIpc) is 3.29. The van der Waals surface area contributed by atoms with Crippen LogP contribution in [-0.2, 0) is 24.1 Å². The Morgan fingerprint density at radius 2 is 1.90 bits per heavy atom. The van der Waals surface area contributed by atoms with Crippen LogP contribution in [0.2, 0.25) is 0 Å². The number of nitrogens with one attached hydrogen (secondary N) is 2. The summed E-state index contributed by atoms with van der Waals surface area (Å²) in [7, 11) is 0. The highest BCUT2D eigenvalue weighted by molar-refractivity contribution is 5.92. The predicted octanol–water partition coefficient (Wildman–Crippen LogP) is 0.753. The molecule has 0 aliphatic rings. The van der Waals surface area contributed by atoms with E-state index in [2.05, 4.69) is 20.8 Å². The highest BCUT2D eigenvalue weighted by Gasteiger charge is 2.35. The highest BCUT2D eigenvalue weighted by atomic mass is 19.4. The molecule has 0 spiro atoms. The molecular formula is C16H19F3N6O4. The minimum absolute atomic E-state index is 0.00571. The number of aromatic carboxylic acids is 1. The van der Waals surface area contributed by atoms with Crippen molar-refractivity contribution in [2.24, 2.45) is 0 Å². The van der Waals surface area contributed by atoms with E-state index < -0.39 is 23.7 Å². The summed E-state index contributed by atoms with van der Waals surface area (Å²) in [6.07, 6.45) is -2.15. The molecule has 2 aromatic rings. The SMILES string of the molecule is CCn1nc(C(F)(F)F)cc1C(=O)NCCNC(=O)CCn1cc(C(=O)O)cn1. The van der Waals surface area contributed by atoms with Gasteiger partial charge in [-0.1, -0.05) is 0 Å². The van der Waals surface area contributed by atoms with Gasteiger partial charge in [0.15, 0.2) is 5.69 Å². The zero-order chi connectivity index (χ0) is 21.6. The van der Waals surface area contributed by atoms with Crippen molar-refractivity contribution in [1.82, 2.24) is 30.2 Å². The van der Waals surface area contributed by atoms with E-state index in [9.17, 15) is 27.6 Å². The van der Waals surface area contributed by atoms with Crippen LogP contribution in [0.3, 0.4) is 0 Å². The number of aryl methyl sites for hydroxylation is 2. The molecule has 2 heterocycles. The van der Waals surface area contributed by atoms with E-state index in [1.165, 1.54) is 17.1 Å². The van der Waals surface area contributed by atoms with E-state index in [4.69, 9.17) is 5.11 Å². The monoisotopic (exact) mass is 416 g/mol. The van der Waals surface area contributed by atoms with E-state index in [0.29, 0.717) is 6.07 Å². The van der Waals surface area contributed by atoms with Gasteiger partial charge in [0.05, 0.1) is 11.8 Å². The number of carboxylic acids is 1. The Balaban J connectivity index is 1.75. The zero-order valence-electron chi connectivity index (χ0n) is 15.4. The molecule has 0 fully saturated rings. The third kappa shape index (κ3) is 6.05. The van der Waals surface area contributed by atoms with Gasteiger partial charge in [0.2, 0.25) is 5.91 Å². The van der Waals surface area contributed by atoms with Crippen LogP contribution in [0.1, 0.15) is 39.9 Å². The minimum Gasteiger partial charge on any atom is -0.478 e. The van der Waals surface area contributed by atoms with Crippen LogP contribution in [-0.4, -0.2) is 55.5 Å². The fourth-order valence-corrected chi connectivity index (χ4v) is 2.35. The number of halogens is 3. The van der Waals surface area contributed by atoms with Crippen molar-refractivity contribution in [3.05, 3.63) is 35.4 Å². The summed E-state index contributed by atoms with van der Waals surface area (Å²) in [5, 5.41) is 20.9. The average molecular weight is 416 g/mol. The number of amides is 2. The van der Waals surface area contributed by atoms with Crippen molar-refractivity contribution in [2.45, 2.75) is 32.6 Å². The number of carboxylic acid groups (broad SMARTS) is 1. The van der Waals surface area contributed by atoms with Crippen LogP contribution < -0.4 is 10.6 Å².